The number of nitrogens with two attached hydrogens (primary N) is 1. The third-order valence-electron chi connectivity index (χ3n) is 5.13. The molecule has 2 N–H and O–H groups in total. The van der Waals surface area contributed by atoms with E-state index in [9.17, 15) is 0 Å². The van der Waals surface area contributed by atoms with Crippen LogP contribution in [0.4, 0.5) is 0 Å². The fourth-order valence-electron chi connectivity index (χ4n) is 3.53. The maximum atomic E-state index is 6.10. The van der Waals surface area contributed by atoms with Crippen LogP contribution < -0.4 is 5.73 Å². The zero-order valence-corrected chi connectivity index (χ0v) is 16.7. The summed E-state index contributed by atoms with van der Waals surface area (Å²) in [6, 6.07) is 0.0374. The minimum Gasteiger partial charge on any atom is -0.349 e. The van der Waals surface area contributed by atoms with Crippen molar-refractivity contribution in [1.29, 1.82) is 0 Å². The summed E-state index contributed by atoms with van der Waals surface area (Å²) in [6.45, 7) is 6.87. The van der Waals surface area contributed by atoms with Crippen LogP contribution in [0.3, 0.4) is 0 Å². The molecule has 0 aromatic carbocycles. The molecule has 1 saturated heterocycles. The summed E-state index contributed by atoms with van der Waals surface area (Å²) < 4.78 is 11.5. The van der Waals surface area contributed by atoms with E-state index < -0.39 is 5.79 Å². The molecule has 1 heterocycles. The second-order valence-electron chi connectivity index (χ2n) is 8.06. The minimum atomic E-state index is -0.461. The Morgan fingerprint density at radius 1 is 0.792 bits per heavy atom. The van der Waals surface area contributed by atoms with Gasteiger partial charge in [-0.2, -0.15) is 0 Å². The second-order valence-corrected chi connectivity index (χ2v) is 8.06. The summed E-state index contributed by atoms with van der Waals surface area (Å²) >= 11 is 0. The van der Waals surface area contributed by atoms with E-state index in [0.717, 1.165) is 6.42 Å². The molecule has 1 rings (SSSR count). The van der Waals surface area contributed by atoms with Crippen LogP contribution in [0.2, 0.25) is 0 Å². The Bertz CT molecular complexity index is 294. The van der Waals surface area contributed by atoms with Gasteiger partial charge in [-0.05, 0) is 20.3 Å². The maximum absolute atomic E-state index is 6.10. The van der Waals surface area contributed by atoms with E-state index in [-0.39, 0.29) is 12.1 Å². The molecule has 24 heavy (non-hydrogen) atoms. The highest BCUT2D eigenvalue weighted by Gasteiger charge is 2.33. The summed E-state index contributed by atoms with van der Waals surface area (Å²) in [5, 5.41) is 0. The van der Waals surface area contributed by atoms with Crippen LogP contribution in [0, 0.1) is 0 Å². The van der Waals surface area contributed by atoms with Gasteiger partial charge in [-0.25, -0.2) is 0 Å². The van der Waals surface area contributed by atoms with E-state index >= 15 is 0 Å². The van der Waals surface area contributed by atoms with Crippen LogP contribution in [0.25, 0.3) is 0 Å². The summed E-state index contributed by atoms with van der Waals surface area (Å²) in [6.07, 6.45) is 19.3. The molecule has 144 valence electrons. The van der Waals surface area contributed by atoms with Crippen LogP contribution in [0.15, 0.2) is 0 Å². The topological polar surface area (TPSA) is 44.5 Å². The van der Waals surface area contributed by atoms with Crippen LogP contribution in [0.1, 0.15) is 111 Å². The first kappa shape index (κ1) is 21.9. The fourth-order valence-corrected chi connectivity index (χ4v) is 3.53. The molecule has 3 heteroatoms. The Labute approximate surface area is 151 Å². The largest absolute Gasteiger partial charge is 0.349 e. The van der Waals surface area contributed by atoms with Gasteiger partial charge in [-0.3, -0.25) is 0 Å². The Morgan fingerprint density at radius 3 is 1.75 bits per heavy atom. The molecule has 2 unspecified atom stereocenters. The van der Waals surface area contributed by atoms with Gasteiger partial charge in [0.15, 0.2) is 5.79 Å². The molecule has 1 fully saturated rings. The molecule has 0 bridgehead atoms. The molecule has 0 aliphatic carbocycles. The van der Waals surface area contributed by atoms with Crippen molar-refractivity contribution in [3.05, 3.63) is 0 Å². The van der Waals surface area contributed by atoms with Gasteiger partial charge in [0.2, 0.25) is 0 Å². The highest BCUT2D eigenvalue weighted by atomic mass is 16.7. The quantitative estimate of drug-likeness (QED) is 0.397. The zero-order chi connectivity index (χ0) is 17.7. The smallest absolute Gasteiger partial charge is 0.163 e. The van der Waals surface area contributed by atoms with Crippen molar-refractivity contribution in [3.63, 3.8) is 0 Å². The molecule has 0 amide bonds. The van der Waals surface area contributed by atoms with Crippen LogP contribution in [-0.4, -0.2) is 24.5 Å². The monoisotopic (exact) mass is 341 g/mol. The number of unbranched alkanes of at least 4 members (excludes halogenated alkanes) is 12. The molecule has 0 spiro atoms. The lowest BCUT2D eigenvalue weighted by atomic mass is 10.0. The summed E-state index contributed by atoms with van der Waals surface area (Å²) in [4.78, 5) is 0. The van der Waals surface area contributed by atoms with Crippen LogP contribution in [-0.2, 0) is 9.47 Å². The lowest BCUT2D eigenvalue weighted by molar-refractivity contribution is -0.280. The molecule has 2 atom stereocenters. The lowest BCUT2D eigenvalue weighted by Gasteiger charge is -2.39. The molecule has 3 nitrogen and oxygen atoms in total. The number of hydrogen-bond acceptors (Lipinski definition) is 3. The Kier molecular flexibility index (Phi) is 12.0. The first-order valence-electron chi connectivity index (χ1n) is 10.6. The van der Waals surface area contributed by atoms with Crippen LogP contribution >= 0.6 is 0 Å². The predicted molar refractivity (Wildman–Crippen MR) is 103 cm³/mol. The molecule has 1 aliphatic heterocycles. The third kappa shape index (κ3) is 10.7. The molecular formula is C21H43NO2. The molecule has 1 aliphatic rings. The van der Waals surface area contributed by atoms with Gasteiger partial charge < -0.3 is 15.2 Å². The number of ether oxygens (including phenoxy) is 2. The van der Waals surface area contributed by atoms with Crippen molar-refractivity contribution in [3.8, 4) is 0 Å². The van der Waals surface area contributed by atoms with Crippen molar-refractivity contribution in [1.82, 2.24) is 0 Å². The second kappa shape index (κ2) is 13.1. The van der Waals surface area contributed by atoms with E-state index in [0.29, 0.717) is 6.61 Å². The van der Waals surface area contributed by atoms with Gasteiger partial charge >= 0.3 is 0 Å². The number of rotatable bonds is 14. The Hall–Kier alpha value is -0.120. The molecular weight excluding hydrogens is 298 g/mol. The van der Waals surface area contributed by atoms with Gasteiger partial charge in [0.25, 0.3) is 0 Å². The standard InChI is InChI=1S/C21H43NO2/c1-4-5-6-7-8-9-10-11-12-13-14-15-16-17-20-19(22)18-23-21(2,3)24-20/h19-20H,4-18,22H2,1-3H3. The van der Waals surface area contributed by atoms with Gasteiger partial charge in [0.05, 0.1) is 18.8 Å². The first-order valence-corrected chi connectivity index (χ1v) is 10.6. The normalized spacial score (nSPS) is 23.5. The Morgan fingerprint density at radius 2 is 1.25 bits per heavy atom. The summed E-state index contributed by atoms with van der Waals surface area (Å²) in [5.74, 6) is -0.461. The van der Waals surface area contributed by atoms with Crippen LogP contribution in [0.5, 0.6) is 0 Å². The van der Waals surface area contributed by atoms with E-state index in [1.165, 1.54) is 83.5 Å². The van der Waals surface area contributed by atoms with Crippen molar-refractivity contribution in [2.75, 3.05) is 6.61 Å². The zero-order valence-electron chi connectivity index (χ0n) is 16.7. The SMILES string of the molecule is CCCCCCCCCCCCCCCC1OC(C)(C)OCC1N. The predicted octanol–water partition coefficient (Wildman–Crippen LogP) is 5.95. The summed E-state index contributed by atoms with van der Waals surface area (Å²) in [7, 11) is 0. The van der Waals surface area contributed by atoms with Crippen molar-refractivity contribution in [2.24, 2.45) is 5.73 Å². The van der Waals surface area contributed by atoms with E-state index in [4.69, 9.17) is 15.2 Å². The molecule has 0 aromatic rings. The molecule has 0 radical (unpaired) electrons. The molecule has 0 aromatic heterocycles. The van der Waals surface area contributed by atoms with E-state index in [1.807, 2.05) is 13.8 Å². The van der Waals surface area contributed by atoms with Crippen molar-refractivity contribution in [2.45, 2.75) is 129 Å². The van der Waals surface area contributed by atoms with Gasteiger partial charge in [-0.1, -0.05) is 90.4 Å². The number of hydrogen-bond donors (Lipinski definition) is 1. The maximum Gasteiger partial charge on any atom is 0.163 e. The fraction of sp³-hybridized carbons (Fsp3) is 1.00. The third-order valence-corrected chi connectivity index (χ3v) is 5.13. The lowest BCUT2D eigenvalue weighted by Crippen LogP contribution is -2.52. The average Bonchev–Trinajstić information content (AvgIpc) is 2.55. The summed E-state index contributed by atoms with van der Waals surface area (Å²) in [5.41, 5.74) is 6.10. The first-order chi connectivity index (χ1) is 11.5. The highest BCUT2D eigenvalue weighted by Crippen LogP contribution is 2.25. The van der Waals surface area contributed by atoms with Crippen molar-refractivity contribution >= 4 is 0 Å². The van der Waals surface area contributed by atoms with Gasteiger partial charge in [0, 0.05) is 0 Å². The molecule has 0 saturated carbocycles. The van der Waals surface area contributed by atoms with E-state index in [1.54, 1.807) is 0 Å². The highest BCUT2D eigenvalue weighted by molar-refractivity contribution is 4.80. The minimum absolute atomic E-state index is 0.0374. The van der Waals surface area contributed by atoms with Gasteiger partial charge in [-0.15, -0.1) is 0 Å². The van der Waals surface area contributed by atoms with Gasteiger partial charge in [0.1, 0.15) is 0 Å². The Balaban J connectivity index is 1.85. The van der Waals surface area contributed by atoms with Crippen molar-refractivity contribution < 1.29 is 9.47 Å². The average molecular weight is 342 g/mol. The van der Waals surface area contributed by atoms with E-state index in [2.05, 4.69) is 6.92 Å².